The van der Waals surface area contributed by atoms with E-state index in [2.05, 4.69) is 10.6 Å². The number of carbonyl (C=O) groups is 3. The van der Waals surface area contributed by atoms with Crippen molar-refractivity contribution in [3.63, 3.8) is 0 Å². The third-order valence-corrected chi connectivity index (χ3v) is 3.22. The van der Waals surface area contributed by atoms with Crippen LogP contribution >= 0.6 is 0 Å². The molecule has 25 heavy (non-hydrogen) atoms. The van der Waals surface area contributed by atoms with Gasteiger partial charge in [0.1, 0.15) is 11.6 Å². The van der Waals surface area contributed by atoms with E-state index in [0.29, 0.717) is 0 Å². The zero-order valence-corrected chi connectivity index (χ0v) is 14.0. The first-order valence-electron chi connectivity index (χ1n) is 7.55. The number of alkyl carbamates (subject to hydrolysis) is 1. The number of hydrogen-bond acceptors (Lipinski definition) is 5. The third kappa shape index (κ3) is 4.82. The smallest absolute Gasteiger partial charge is 0.408 e. The number of amides is 2. The van der Waals surface area contributed by atoms with Crippen LogP contribution in [0, 0.1) is 5.82 Å². The van der Waals surface area contributed by atoms with Crippen LogP contribution in [0.5, 0.6) is 5.75 Å². The van der Waals surface area contributed by atoms with Gasteiger partial charge in [-0.25, -0.2) is 14.0 Å². The van der Waals surface area contributed by atoms with Crippen LogP contribution < -0.4 is 15.4 Å². The Morgan fingerprint density at radius 2 is 2.12 bits per heavy atom. The van der Waals surface area contributed by atoms with Crippen LogP contribution in [0.3, 0.4) is 0 Å². The van der Waals surface area contributed by atoms with E-state index in [1.54, 1.807) is 20.8 Å². The first-order valence-corrected chi connectivity index (χ1v) is 7.55. The maximum atomic E-state index is 13.8. The molecule has 0 aliphatic carbocycles. The largest absolute Gasteiger partial charge is 0.480 e. The zero-order chi connectivity index (χ0) is 18.8. The summed E-state index contributed by atoms with van der Waals surface area (Å²) in [5.74, 6) is -2.86. The number of aliphatic carboxylic acids is 1. The highest BCUT2D eigenvalue weighted by atomic mass is 19.1. The molecule has 0 fully saturated rings. The molecule has 1 heterocycles. The Hall–Kier alpha value is -2.84. The van der Waals surface area contributed by atoms with E-state index in [1.165, 1.54) is 12.1 Å². The molecule has 0 saturated heterocycles. The predicted molar refractivity (Wildman–Crippen MR) is 84.9 cm³/mol. The zero-order valence-electron chi connectivity index (χ0n) is 14.0. The van der Waals surface area contributed by atoms with Gasteiger partial charge < -0.3 is 25.2 Å². The van der Waals surface area contributed by atoms with Crippen LogP contribution in [0.15, 0.2) is 18.2 Å². The maximum absolute atomic E-state index is 13.8. The Labute approximate surface area is 143 Å². The number of para-hydroxylation sites is 1. The Balaban J connectivity index is 2.09. The number of carboxylic acids is 1. The number of benzene rings is 1. The van der Waals surface area contributed by atoms with Gasteiger partial charge in [-0.05, 0) is 32.9 Å². The lowest BCUT2D eigenvalue weighted by molar-refractivity contribution is -0.140. The summed E-state index contributed by atoms with van der Waals surface area (Å²) in [7, 11) is 0. The van der Waals surface area contributed by atoms with Crippen LogP contribution in [0.25, 0.3) is 0 Å². The third-order valence-electron chi connectivity index (χ3n) is 3.22. The monoisotopic (exact) mass is 354 g/mol. The average Bonchev–Trinajstić information content (AvgIpc) is 2.46. The van der Waals surface area contributed by atoms with Gasteiger partial charge >= 0.3 is 12.1 Å². The van der Waals surface area contributed by atoms with Gasteiger partial charge in [0.25, 0.3) is 5.91 Å². The van der Waals surface area contributed by atoms with Gasteiger partial charge in [0.05, 0.1) is 5.69 Å². The lowest BCUT2D eigenvalue weighted by Gasteiger charge is -2.28. The number of carbonyl (C=O) groups excluding carboxylic acids is 2. The molecule has 136 valence electrons. The Morgan fingerprint density at radius 3 is 2.72 bits per heavy atom. The van der Waals surface area contributed by atoms with E-state index in [-0.39, 0.29) is 11.4 Å². The summed E-state index contributed by atoms with van der Waals surface area (Å²) < 4.78 is 24.1. The fraction of sp³-hybridized carbons (Fsp3) is 0.438. The van der Waals surface area contributed by atoms with Crippen molar-refractivity contribution in [1.29, 1.82) is 0 Å². The van der Waals surface area contributed by atoms with Crippen LogP contribution in [0.1, 0.15) is 27.2 Å². The second-order valence-corrected chi connectivity index (χ2v) is 6.49. The topological polar surface area (TPSA) is 114 Å². The lowest BCUT2D eigenvalue weighted by Crippen LogP contribution is -2.49. The van der Waals surface area contributed by atoms with E-state index >= 15 is 0 Å². The number of fused-ring (bicyclic) bond motifs is 1. The molecule has 0 aromatic heterocycles. The number of hydrogen-bond donors (Lipinski definition) is 3. The highest BCUT2D eigenvalue weighted by Gasteiger charge is 2.35. The lowest BCUT2D eigenvalue weighted by atomic mass is 10.1. The first kappa shape index (κ1) is 18.5. The maximum Gasteiger partial charge on any atom is 0.408 e. The molecular formula is C16H19FN2O6. The van der Waals surface area contributed by atoms with Crippen molar-refractivity contribution in [3.05, 3.63) is 24.0 Å². The van der Waals surface area contributed by atoms with E-state index in [1.807, 2.05) is 0 Å². The average molecular weight is 354 g/mol. The van der Waals surface area contributed by atoms with Crippen molar-refractivity contribution < 1.29 is 33.4 Å². The van der Waals surface area contributed by atoms with E-state index in [9.17, 15) is 23.9 Å². The number of nitrogens with one attached hydrogen (secondary N) is 2. The standard InChI is InChI=1S/C16H19FN2O6/c1-16(2,3)25-15(23)19-10(14(21)22)7-11-13(20)18-9-6-4-5-8(17)12(9)24-11/h4-6,10-11H,7H2,1-3H3,(H,18,20)(H,19,23)(H,21,22)/t10-,11-/m0/s1. The number of rotatable bonds is 4. The summed E-state index contributed by atoms with van der Waals surface area (Å²) in [5.41, 5.74) is -0.651. The van der Waals surface area contributed by atoms with Crippen LogP contribution in [-0.4, -0.2) is 40.8 Å². The molecule has 3 N–H and O–H groups in total. The Morgan fingerprint density at radius 1 is 1.44 bits per heavy atom. The molecule has 1 aliphatic rings. The molecule has 1 aromatic rings. The molecule has 0 spiro atoms. The molecule has 8 nitrogen and oxygen atoms in total. The first-order chi connectivity index (χ1) is 11.6. The van der Waals surface area contributed by atoms with Gasteiger partial charge in [-0.15, -0.1) is 0 Å². The molecule has 2 atom stereocenters. The second kappa shape index (κ2) is 6.96. The molecule has 9 heteroatoms. The van der Waals surface area contributed by atoms with Crippen LogP contribution in [0.2, 0.25) is 0 Å². The van der Waals surface area contributed by atoms with Gasteiger partial charge in [-0.2, -0.15) is 0 Å². The molecule has 2 rings (SSSR count). The predicted octanol–water partition coefficient (Wildman–Crippen LogP) is 1.89. The van der Waals surface area contributed by atoms with Gasteiger partial charge in [-0.3, -0.25) is 4.79 Å². The quantitative estimate of drug-likeness (QED) is 0.761. The fourth-order valence-corrected chi connectivity index (χ4v) is 2.18. The molecule has 0 radical (unpaired) electrons. The van der Waals surface area contributed by atoms with Crippen molar-refractivity contribution in [2.45, 2.75) is 44.9 Å². The highest BCUT2D eigenvalue weighted by molar-refractivity contribution is 5.98. The van der Waals surface area contributed by atoms with E-state index < -0.39 is 48.0 Å². The molecular weight excluding hydrogens is 335 g/mol. The summed E-state index contributed by atoms with van der Waals surface area (Å²) in [4.78, 5) is 35.2. The van der Waals surface area contributed by atoms with Crippen molar-refractivity contribution in [2.24, 2.45) is 0 Å². The van der Waals surface area contributed by atoms with Crippen LogP contribution in [-0.2, 0) is 14.3 Å². The highest BCUT2D eigenvalue weighted by Crippen LogP contribution is 2.33. The van der Waals surface area contributed by atoms with Crippen molar-refractivity contribution in [1.82, 2.24) is 5.32 Å². The van der Waals surface area contributed by atoms with Gasteiger partial charge in [0.15, 0.2) is 17.7 Å². The van der Waals surface area contributed by atoms with Crippen LogP contribution in [0.4, 0.5) is 14.9 Å². The van der Waals surface area contributed by atoms with E-state index in [4.69, 9.17) is 9.47 Å². The molecule has 0 bridgehead atoms. The molecule has 0 unspecified atom stereocenters. The summed E-state index contributed by atoms with van der Waals surface area (Å²) in [6.45, 7) is 4.87. The van der Waals surface area contributed by atoms with E-state index in [0.717, 1.165) is 6.07 Å². The number of anilines is 1. The molecule has 1 aromatic carbocycles. The van der Waals surface area contributed by atoms with Crippen molar-refractivity contribution in [2.75, 3.05) is 5.32 Å². The fourth-order valence-electron chi connectivity index (χ4n) is 2.18. The minimum atomic E-state index is -1.45. The minimum absolute atomic E-state index is 0.160. The summed E-state index contributed by atoms with van der Waals surface area (Å²) in [5, 5.41) is 13.9. The van der Waals surface area contributed by atoms with Gasteiger partial charge in [0.2, 0.25) is 0 Å². The minimum Gasteiger partial charge on any atom is -0.480 e. The normalized spacial score (nSPS) is 17.6. The van der Waals surface area contributed by atoms with Gasteiger partial charge in [0, 0.05) is 6.42 Å². The molecule has 0 saturated carbocycles. The summed E-state index contributed by atoms with van der Waals surface area (Å²) in [6.07, 6.45) is -2.61. The number of halogens is 1. The molecule has 1 aliphatic heterocycles. The second-order valence-electron chi connectivity index (χ2n) is 6.49. The molecule has 2 amide bonds. The van der Waals surface area contributed by atoms with Gasteiger partial charge in [-0.1, -0.05) is 6.07 Å². The Kier molecular flexibility index (Phi) is 5.15. The number of ether oxygens (including phenoxy) is 2. The SMILES string of the molecule is CC(C)(C)OC(=O)N[C@@H](C[C@@H]1Oc2c(F)cccc2NC1=O)C(=O)O. The Bertz CT molecular complexity index is 700. The summed E-state index contributed by atoms with van der Waals surface area (Å²) in [6, 6.07) is 2.57. The number of carboxylic acid groups (broad SMARTS) is 1. The summed E-state index contributed by atoms with van der Waals surface area (Å²) >= 11 is 0. The van der Waals surface area contributed by atoms with Crippen molar-refractivity contribution in [3.8, 4) is 5.75 Å². The van der Waals surface area contributed by atoms with Crippen molar-refractivity contribution >= 4 is 23.7 Å².